The van der Waals surface area contributed by atoms with E-state index in [1.54, 1.807) is 32.9 Å². The van der Waals surface area contributed by atoms with Crippen molar-refractivity contribution in [2.75, 3.05) is 13.2 Å². The van der Waals surface area contributed by atoms with Crippen molar-refractivity contribution in [2.24, 2.45) is 0 Å². The van der Waals surface area contributed by atoms with Crippen molar-refractivity contribution in [3.05, 3.63) is 51.3 Å². The molecule has 1 atom stereocenters. The molecule has 1 rings (SSSR count). The molecule has 0 aliphatic carbocycles. The Hall–Kier alpha value is -2.22. The van der Waals surface area contributed by atoms with E-state index >= 15 is 0 Å². The lowest BCUT2D eigenvalue weighted by atomic mass is 10.1. The highest BCUT2D eigenvalue weighted by molar-refractivity contribution is 7.58. The summed E-state index contributed by atoms with van der Waals surface area (Å²) in [4.78, 5) is 21.3. The summed E-state index contributed by atoms with van der Waals surface area (Å²) in [7, 11) is -3.49. The lowest BCUT2D eigenvalue weighted by Gasteiger charge is -2.20. The summed E-state index contributed by atoms with van der Waals surface area (Å²) >= 11 is 0. The van der Waals surface area contributed by atoms with Crippen molar-refractivity contribution >= 4 is 19.4 Å². The monoisotopic (exact) mass is 386 g/mol. The first-order chi connectivity index (χ1) is 12.2. The number of carbonyl (C=O) groups is 1. The molecule has 1 amide bonds. The Morgan fingerprint density at radius 2 is 1.85 bits per heavy atom. The summed E-state index contributed by atoms with van der Waals surface area (Å²) in [5, 5.41) is 22.4. The number of carboxylic acid groups (broad SMARTS) is 1. The first-order valence-corrected chi connectivity index (χ1v) is 9.57. The van der Waals surface area contributed by atoms with E-state index in [9.17, 15) is 19.5 Å². The summed E-state index contributed by atoms with van der Waals surface area (Å²) in [6, 6.07) is 5.07. The molecule has 0 aliphatic heterocycles. The van der Waals surface area contributed by atoms with E-state index in [1.165, 1.54) is 18.2 Å². The maximum absolute atomic E-state index is 12.7. The fraction of sp³-hybridized carbons (Fsp3) is 0.438. The predicted octanol–water partition coefficient (Wildman–Crippen LogP) is 3.94. The third-order valence-corrected chi connectivity index (χ3v) is 5.59. The van der Waals surface area contributed by atoms with Crippen LogP contribution in [0.5, 0.6) is 0 Å². The Morgan fingerprint density at radius 3 is 2.27 bits per heavy atom. The van der Waals surface area contributed by atoms with Gasteiger partial charge in [0.2, 0.25) is 0 Å². The number of non-ortho nitro benzene ring substituents is 1. The number of allylic oxidation sites excluding steroid dienone is 1. The molecule has 26 heavy (non-hydrogen) atoms. The van der Waals surface area contributed by atoms with E-state index in [0.717, 1.165) is 0 Å². The first-order valence-electron chi connectivity index (χ1n) is 8.02. The van der Waals surface area contributed by atoms with E-state index in [2.05, 4.69) is 5.32 Å². The van der Waals surface area contributed by atoms with Crippen LogP contribution in [0.25, 0.3) is 0 Å². The summed E-state index contributed by atoms with van der Waals surface area (Å²) in [5.74, 6) is 0. The number of amides is 1. The summed E-state index contributed by atoms with van der Waals surface area (Å²) in [6.45, 7) is 5.29. The minimum Gasteiger partial charge on any atom is -0.465 e. The molecular weight excluding hydrogens is 363 g/mol. The number of hydrogen-bond donors (Lipinski definition) is 2. The van der Waals surface area contributed by atoms with E-state index in [4.69, 9.17) is 14.2 Å². The highest BCUT2D eigenvalue weighted by atomic mass is 31.2. The van der Waals surface area contributed by atoms with Crippen LogP contribution >= 0.6 is 7.60 Å². The van der Waals surface area contributed by atoms with E-state index < -0.39 is 24.7 Å². The van der Waals surface area contributed by atoms with Crippen LogP contribution < -0.4 is 5.32 Å². The smallest absolute Gasteiger partial charge is 0.405 e. The Labute approximate surface area is 151 Å². The zero-order valence-corrected chi connectivity index (χ0v) is 15.8. The molecule has 0 heterocycles. The molecule has 0 saturated heterocycles. The molecule has 0 radical (unpaired) electrons. The highest BCUT2D eigenvalue weighted by Crippen LogP contribution is 2.55. The number of nitrogens with one attached hydrogen (secondary N) is 1. The maximum Gasteiger partial charge on any atom is 0.405 e. The Morgan fingerprint density at radius 1 is 1.31 bits per heavy atom. The van der Waals surface area contributed by atoms with Gasteiger partial charge in [-0.3, -0.25) is 14.7 Å². The second-order valence-corrected chi connectivity index (χ2v) is 7.54. The van der Waals surface area contributed by atoms with Crippen molar-refractivity contribution in [2.45, 2.75) is 33.2 Å². The van der Waals surface area contributed by atoms with Gasteiger partial charge in [-0.05, 0) is 32.8 Å². The van der Waals surface area contributed by atoms with E-state index in [0.29, 0.717) is 10.9 Å². The minimum absolute atomic E-state index is 0.0552. The van der Waals surface area contributed by atoms with Gasteiger partial charge in [0.25, 0.3) is 5.69 Å². The SMILES string of the molecule is CCOP(=O)(OCC)/C(C)=C/[C@H](Cc1ccc([N+](=O)[O-])cc1)NC(=O)O. The van der Waals surface area contributed by atoms with Gasteiger partial charge in [0.1, 0.15) is 0 Å². The molecule has 0 aliphatic rings. The average Bonchev–Trinajstić information content (AvgIpc) is 2.55. The normalized spacial score (nSPS) is 13.3. The van der Waals surface area contributed by atoms with E-state index in [1.807, 2.05) is 0 Å². The van der Waals surface area contributed by atoms with Gasteiger partial charge in [-0.15, -0.1) is 0 Å². The molecule has 0 aromatic heterocycles. The predicted molar refractivity (Wildman–Crippen MR) is 96.4 cm³/mol. The first kappa shape index (κ1) is 21.8. The van der Waals surface area contributed by atoms with Crippen LogP contribution in [0.3, 0.4) is 0 Å². The molecule has 1 aromatic carbocycles. The second kappa shape index (κ2) is 10.1. The van der Waals surface area contributed by atoms with Gasteiger partial charge in [-0.1, -0.05) is 18.2 Å². The summed E-state index contributed by atoms with van der Waals surface area (Å²) in [5.41, 5.74) is 0.626. The van der Waals surface area contributed by atoms with Crippen LogP contribution in [0.1, 0.15) is 26.3 Å². The number of benzene rings is 1. The number of nitro groups is 1. The third-order valence-electron chi connectivity index (χ3n) is 3.38. The highest BCUT2D eigenvalue weighted by Gasteiger charge is 2.27. The molecule has 9 nitrogen and oxygen atoms in total. The van der Waals surface area contributed by atoms with Crippen molar-refractivity contribution in [3.8, 4) is 0 Å². The van der Waals surface area contributed by atoms with Gasteiger partial charge in [-0.2, -0.15) is 0 Å². The van der Waals surface area contributed by atoms with Gasteiger partial charge in [0.05, 0.1) is 24.2 Å². The van der Waals surface area contributed by atoms with Gasteiger partial charge in [0.15, 0.2) is 0 Å². The molecule has 10 heteroatoms. The fourth-order valence-corrected chi connectivity index (χ4v) is 3.81. The number of nitro benzene ring substituents is 1. The average molecular weight is 386 g/mol. The molecule has 2 N–H and O–H groups in total. The molecule has 1 aromatic rings. The van der Waals surface area contributed by atoms with Gasteiger partial charge in [0, 0.05) is 17.4 Å². The number of rotatable bonds is 10. The van der Waals surface area contributed by atoms with Crippen molar-refractivity contribution in [3.63, 3.8) is 0 Å². The largest absolute Gasteiger partial charge is 0.465 e. The number of hydrogen-bond acceptors (Lipinski definition) is 6. The number of nitrogens with zero attached hydrogens (tertiary/aromatic N) is 1. The van der Waals surface area contributed by atoms with Crippen LogP contribution in [0.15, 0.2) is 35.7 Å². The second-order valence-electron chi connectivity index (χ2n) is 5.32. The van der Waals surface area contributed by atoms with Crippen LogP contribution in [0, 0.1) is 10.1 Å². The Kier molecular flexibility index (Phi) is 8.44. The molecule has 0 saturated carbocycles. The maximum atomic E-state index is 12.7. The van der Waals surface area contributed by atoms with E-state index in [-0.39, 0.29) is 25.3 Å². The summed E-state index contributed by atoms with van der Waals surface area (Å²) in [6.07, 6.45) is 0.463. The molecule has 0 bridgehead atoms. The summed E-state index contributed by atoms with van der Waals surface area (Å²) < 4.78 is 23.2. The Balaban J connectivity index is 3.06. The van der Waals surface area contributed by atoms with Crippen LogP contribution in [-0.4, -0.2) is 35.4 Å². The minimum atomic E-state index is -3.49. The van der Waals surface area contributed by atoms with Gasteiger partial charge in [-0.25, -0.2) is 4.79 Å². The standard InChI is InChI=1S/C16H23N2O7P/c1-4-24-26(23,25-5-2)12(3)10-14(17-16(19)20)11-13-6-8-15(9-7-13)18(21)22/h6-10,14,17H,4-5,11H2,1-3H3,(H,19,20)/b12-10+/t14-/m1/s1. The van der Waals surface area contributed by atoms with Crippen molar-refractivity contribution < 1.29 is 28.4 Å². The van der Waals surface area contributed by atoms with Gasteiger partial charge < -0.3 is 19.5 Å². The fourth-order valence-electron chi connectivity index (χ4n) is 2.28. The lowest BCUT2D eigenvalue weighted by molar-refractivity contribution is -0.384. The van der Waals surface area contributed by atoms with Gasteiger partial charge >= 0.3 is 13.7 Å². The Bertz CT molecular complexity index is 693. The quantitative estimate of drug-likeness (QED) is 0.354. The topological polar surface area (TPSA) is 128 Å². The van der Waals surface area contributed by atoms with Crippen molar-refractivity contribution in [1.82, 2.24) is 5.32 Å². The molecule has 0 spiro atoms. The van der Waals surface area contributed by atoms with Crippen LogP contribution in [-0.2, 0) is 20.0 Å². The van der Waals surface area contributed by atoms with Crippen LogP contribution in [0.2, 0.25) is 0 Å². The van der Waals surface area contributed by atoms with Crippen LogP contribution in [0.4, 0.5) is 10.5 Å². The molecule has 0 fully saturated rings. The molecule has 0 unspecified atom stereocenters. The third kappa shape index (κ3) is 6.59. The molecular formula is C16H23N2O7P. The zero-order chi connectivity index (χ0) is 19.7. The van der Waals surface area contributed by atoms with Crippen molar-refractivity contribution in [1.29, 1.82) is 0 Å². The zero-order valence-electron chi connectivity index (χ0n) is 14.9. The lowest BCUT2D eigenvalue weighted by Crippen LogP contribution is -2.34. The molecule has 144 valence electrons.